The first kappa shape index (κ1) is 15.0. The van der Waals surface area contributed by atoms with E-state index in [1.807, 2.05) is 6.07 Å². The first-order valence-corrected chi connectivity index (χ1v) is 7.92. The molecule has 1 nitrogen and oxygen atoms in total. The van der Waals surface area contributed by atoms with E-state index in [1.54, 1.807) is 6.07 Å². The second-order valence-corrected chi connectivity index (χ2v) is 7.13. The molecule has 0 atom stereocenters. The van der Waals surface area contributed by atoms with Gasteiger partial charge in [-0.1, -0.05) is 26.0 Å². The van der Waals surface area contributed by atoms with E-state index in [-0.39, 0.29) is 11.4 Å². The summed E-state index contributed by atoms with van der Waals surface area (Å²) in [6.45, 7) is 4.58. The fourth-order valence-corrected chi connectivity index (χ4v) is 3.53. The van der Waals surface area contributed by atoms with Crippen molar-refractivity contribution in [3.05, 3.63) is 34.1 Å². The lowest BCUT2D eigenvalue weighted by molar-refractivity contribution is 0.194. The number of hydrogen-bond donors (Lipinski definition) is 1. The van der Waals surface area contributed by atoms with Crippen molar-refractivity contribution in [3.8, 4) is 0 Å². The van der Waals surface area contributed by atoms with E-state index in [4.69, 9.17) is 5.73 Å². The van der Waals surface area contributed by atoms with Crippen molar-refractivity contribution >= 4 is 15.9 Å². The highest BCUT2D eigenvalue weighted by Crippen LogP contribution is 2.37. The van der Waals surface area contributed by atoms with E-state index in [1.165, 1.54) is 18.9 Å². The fraction of sp³-hybridized carbons (Fsp3) is 0.625. The maximum atomic E-state index is 13.5. The van der Waals surface area contributed by atoms with Crippen LogP contribution in [0.1, 0.15) is 45.1 Å². The van der Waals surface area contributed by atoms with Gasteiger partial charge in [0, 0.05) is 5.54 Å². The number of rotatable bonds is 3. The first-order chi connectivity index (χ1) is 8.91. The monoisotopic (exact) mass is 327 g/mol. The Morgan fingerprint density at radius 3 is 2.58 bits per heavy atom. The van der Waals surface area contributed by atoms with Crippen LogP contribution in [0.2, 0.25) is 0 Å². The molecular weight excluding hydrogens is 305 g/mol. The molecule has 0 aliphatic heterocycles. The molecule has 3 heteroatoms. The van der Waals surface area contributed by atoms with Crippen LogP contribution in [0.15, 0.2) is 22.7 Å². The Morgan fingerprint density at radius 2 is 2.00 bits per heavy atom. The summed E-state index contributed by atoms with van der Waals surface area (Å²) < 4.78 is 14.1. The predicted molar refractivity (Wildman–Crippen MR) is 81.5 cm³/mol. The topological polar surface area (TPSA) is 26.0 Å². The predicted octanol–water partition coefficient (Wildman–Crippen LogP) is 4.67. The second kappa shape index (κ2) is 5.92. The smallest absolute Gasteiger partial charge is 0.137 e. The molecule has 0 bridgehead atoms. The van der Waals surface area contributed by atoms with Crippen LogP contribution in [0.25, 0.3) is 0 Å². The Hall–Kier alpha value is -0.410. The highest BCUT2D eigenvalue weighted by Gasteiger charge is 2.33. The Labute approximate surface area is 123 Å². The van der Waals surface area contributed by atoms with Gasteiger partial charge in [0.1, 0.15) is 5.82 Å². The van der Waals surface area contributed by atoms with Crippen LogP contribution in [0.4, 0.5) is 4.39 Å². The van der Waals surface area contributed by atoms with E-state index in [0.29, 0.717) is 4.47 Å². The van der Waals surface area contributed by atoms with Crippen molar-refractivity contribution < 1.29 is 4.39 Å². The van der Waals surface area contributed by atoms with Crippen molar-refractivity contribution in [2.75, 3.05) is 0 Å². The summed E-state index contributed by atoms with van der Waals surface area (Å²) in [4.78, 5) is 0. The van der Waals surface area contributed by atoms with Crippen molar-refractivity contribution in [1.82, 2.24) is 0 Å². The van der Waals surface area contributed by atoms with Crippen LogP contribution < -0.4 is 5.73 Å². The molecule has 0 spiro atoms. The van der Waals surface area contributed by atoms with Crippen LogP contribution in [0.5, 0.6) is 0 Å². The van der Waals surface area contributed by atoms with Gasteiger partial charge < -0.3 is 5.73 Å². The van der Waals surface area contributed by atoms with E-state index >= 15 is 0 Å². The number of hydrogen-bond acceptors (Lipinski definition) is 1. The van der Waals surface area contributed by atoms with Gasteiger partial charge in [0.15, 0.2) is 0 Å². The average Bonchev–Trinajstić information content (AvgIpc) is 2.35. The third-order valence-electron chi connectivity index (χ3n) is 4.54. The minimum Gasteiger partial charge on any atom is -0.325 e. The van der Waals surface area contributed by atoms with Crippen molar-refractivity contribution in [3.63, 3.8) is 0 Å². The molecule has 0 unspecified atom stereocenters. The zero-order valence-electron chi connectivity index (χ0n) is 11.8. The van der Waals surface area contributed by atoms with Crippen LogP contribution in [0, 0.1) is 17.7 Å². The van der Waals surface area contributed by atoms with E-state index in [0.717, 1.165) is 36.7 Å². The summed E-state index contributed by atoms with van der Waals surface area (Å²) in [5.74, 6) is 1.34. The largest absolute Gasteiger partial charge is 0.325 e. The fourth-order valence-electron chi connectivity index (χ4n) is 3.12. The molecule has 1 aromatic carbocycles. The molecule has 0 saturated heterocycles. The van der Waals surface area contributed by atoms with Crippen molar-refractivity contribution in [2.24, 2.45) is 17.6 Å². The second-order valence-electron chi connectivity index (χ2n) is 6.33. The van der Waals surface area contributed by atoms with Crippen molar-refractivity contribution in [2.45, 2.75) is 51.5 Å². The van der Waals surface area contributed by atoms with E-state index in [9.17, 15) is 4.39 Å². The molecular formula is C16H23BrFN. The Balaban J connectivity index is 2.05. The lowest BCUT2D eigenvalue weighted by Crippen LogP contribution is -2.46. The standard InChI is InChI=1S/C16H23BrFN/c1-11(2)12-6-8-16(19,9-7-12)10-13-4-3-5-14(18)15(13)17/h3-5,11-12H,6-10,19H2,1-2H3. The highest BCUT2D eigenvalue weighted by molar-refractivity contribution is 9.10. The van der Waals surface area contributed by atoms with Gasteiger partial charge in [-0.3, -0.25) is 0 Å². The van der Waals surface area contributed by atoms with Gasteiger partial charge in [-0.15, -0.1) is 0 Å². The molecule has 2 rings (SSSR count). The SMILES string of the molecule is CC(C)C1CCC(N)(Cc2cccc(F)c2Br)CC1. The summed E-state index contributed by atoms with van der Waals surface area (Å²) in [6.07, 6.45) is 5.23. The minimum absolute atomic E-state index is 0.165. The van der Waals surface area contributed by atoms with E-state index in [2.05, 4.69) is 29.8 Å². The van der Waals surface area contributed by atoms with Gasteiger partial charge in [0.05, 0.1) is 4.47 Å². The van der Waals surface area contributed by atoms with Gasteiger partial charge in [0.25, 0.3) is 0 Å². The lowest BCUT2D eigenvalue weighted by atomic mass is 9.71. The minimum atomic E-state index is -0.197. The molecule has 106 valence electrons. The summed E-state index contributed by atoms with van der Waals surface area (Å²) in [6, 6.07) is 5.21. The molecule has 19 heavy (non-hydrogen) atoms. The van der Waals surface area contributed by atoms with Gasteiger partial charge in [-0.05, 0) is 71.5 Å². The van der Waals surface area contributed by atoms with Crippen LogP contribution in [-0.4, -0.2) is 5.54 Å². The van der Waals surface area contributed by atoms with Crippen LogP contribution in [0.3, 0.4) is 0 Å². The first-order valence-electron chi connectivity index (χ1n) is 7.13. The van der Waals surface area contributed by atoms with E-state index < -0.39 is 0 Å². The van der Waals surface area contributed by atoms with Crippen LogP contribution >= 0.6 is 15.9 Å². The Kier molecular flexibility index (Phi) is 4.67. The lowest BCUT2D eigenvalue weighted by Gasteiger charge is -2.39. The van der Waals surface area contributed by atoms with Crippen molar-refractivity contribution in [1.29, 1.82) is 0 Å². The molecule has 0 aromatic heterocycles. The molecule has 0 radical (unpaired) electrons. The summed E-state index contributed by atoms with van der Waals surface area (Å²) >= 11 is 3.34. The maximum absolute atomic E-state index is 13.5. The third-order valence-corrected chi connectivity index (χ3v) is 5.43. The zero-order chi connectivity index (χ0) is 14.0. The average molecular weight is 328 g/mol. The van der Waals surface area contributed by atoms with Gasteiger partial charge in [-0.2, -0.15) is 0 Å². The van der Waals surface area contributed by atoms with Gasteiger partial charge in [0.2, 0.25) is 0 Å². The molecule has 0 heterocycles. The summed E-state index contributed by atoms with van der Waals surface area (Å²) in [5.41, 5.74) is 7.36. The molecule has 1 fully saturated rings. The molecule has 1 saturated carbocycles. The quantitative estimate of drug-likeness (QED) is 0.857. The van der Waals surface area contributed by atoms with Crippen LogP contribution in [-0.2, 0) is 6.42 Å². The maximum Gasteiger partial charge on any atom is 0.137 e. The normalized spacial score (nSPS) is 27.8. The molecule has 1 aliphatic rings. The van der Waals surface area contributed by atoms with Gasteiger partial charge in [-0.25, -0.2) is 4.39 Å². The molecule has 1 aromatic rings. The third kappa shape index (κ3) is 3.57. The molecule has 2 N–H and O–H groups in total. The number of benzene rings is 1. The highest BCUT2D eigenvalue weighted by atomic mass is 79.9. The number of nitrogens with two attached hydrogens (primary N) is 1. The Bertz CT molecular complexity index is 436. The summed E-state index contributed by atoms with van der Waals surface area (Å²) in [5, 5.41) is 0. The molecule has 0 amide bonds. The zero-order valence-corrected chi connectivity index (χ0v) is 13.3. The Morgan fingerprint density at radius 1 is 1.37 bits per heavy atom. The summed E-state index contributed by atoms with van der Waals surface area (Å²) in [7, 11) is 0. The van der Waals surface area contributed by atoms with Gasteiger partial charge >= 0.3 is 0 Å². The number of halogens is 2. The molecule has 1 aliphatic carbocycles.